The average Bonchev–Trinajstić information content (AvgIpc) is 2.59. The number of nitrogens with two attached hydrogens (primary N) is 1. The third-order valence-corrected chi connectivity index (χ3v) is 5.25. The normalized spacial score (nSPS) is 28.1. The molecule has 0 aliphatic carbocycles. The highest BCUT2D eigenvalue weighted by molar-refractivity contribution is 5.81. The summed E-state index contributed by atoms with van der Waals surface area (Å²) < 4.78 is 0. The molecular weight excluding hydrogens is 304 g/mol. The van der Waals surface area contributed by atoms with Gasteiger partial charge >= 0.3 is 6.03 Å². The molecule has 0 radical (unpaired) electrons. The summed E-state index contributed by atoms with van der Waals surface area (Å²) in [7, 11) is 0. The number of hydrogen-bond donors (Lipinski definition) is 2. The zero-order valence-corrected chi connectivity index (χ0v) is 15.5. The van der Waals surface area contributed by atoms with Crippen molar-refractivity contribution in [1.29, 1.82) is 0 Å². The molecule has 3 amide bonds. The number of hydrogen-bond acceptors (Lipinski definition) is 3. The average molecular weight is 338 g/mol. The highest BCUT2D eigenvalue weighted by Crippen LogP contribution is 2.26. The molecule has 3 atom stereocenters. The van der Waals surface area contributed by atoms with Gasteiger partial charge in [-0.15, -0.1) is 0 Å². The number of rotatable bonds is 4. The number of carbonyl (C=O) groups excluding carboxylic acids is 2. The van der Waals surface area contributed by atoms with Crippen LogP contribution in [-0.2, 0) is 4.79 Å². The van der Waals surface area contributed by atoms with E-state index in [0.717, 1.165) is 38.8 Å². The van der Waals surface area contributed by atoms with Crippen LogP contribution < -0.4 is 11.1 Å². The minimum Gasteiger partial charge on any atom is -0.338 e. The van der Waals surface area contributed by atoms with Crippen molar-refractivity contribution in [3.8, 4) is 0 Å². The summed E-state index contributed by atoms with van der Waals surface area (Å²) in [4.78, 5) is 29.0. The topological polar surface area (TPSA) is 78.7 Å². The van der Waals surface area contributed by atoms with Crippen molar-refractivity contribution in [2.24, 2.45) is 23.5 Å². The lowest BCUT2D eigenvalue weighted by molar-refractivity contribution is -0.141. The summed E-state index contributed by atoms with van der Waals surface area (Å²) in [5.74, 6) is 1.17. The van der Waals surface area contributed by atoms with E-state index in [-0.39, 0.29) is 23.9 Å². The van der Waals surface area contributed by atoms with E-state index in [2.05, 4.69) is 26.1 Å². The number of carbonyl (C=O) groups is 2. The maximum Gasteiger partial charge on any atom is 0.317 e. The molecule has 2 rings (SSSR count). The van der Waals surface area contributed by atoms with Crippen molar-refractivity contribution in [3.05, 3.63) is 0 Å². The van der Waals surface area contributed by atoms with Gasteiger partial charge in [0.05, 0.1) is 5.92 Å². The van der Waals surface area contributed by atoms with Crippen molar-refractivity contribution in [2.45, 2.75) is 52.5 Å². The van der Waals surface area contributed by atoms with Gasteiger partial charge in [-0.2, -0.15) is 0 Å². The highest BCUT2D eigenvalue weighted by atomic mass is 16.2. The van der Waals surface area contributed by atoms with Gasteiger partial charge in [0, 0.05) is 38.8 Å². The molecule has 2 aliphatic rings. The number of nitrogens with zero attached hydrogens (tertiary/aromatic N) is 2. The molecular formula is C18H34N4O2. The Morgan fingerprint density at radius 3 is 2.67 bits per heavy atom. The lowest BCUT2D eigenvalue weighted by Gasteiger charge is -2.41. The Hall–Kier alpha value is -1.30. The van der Waals surface area contributed by atoms with E-state index in [1.165, 1.54) is 0 Å². The lowest BCUT2D eigenvalue weighted by atomic mass is 9.89. The fraction of sp³-hybridized carbons (Fsp3) is 0.889. The minimum atomic E-state index is -0.0778. The summed E-state index contributed by atoms with van der Waals surface area (Å²) in [6, 6.07) is 0.121. The Bertz CT molecular complexity index is 441. The van der Waals surface area contributed by atoms with Crippen LogP contribution in [0.2, 0.25) is 0 Å². The second-order valence-electron chi connectivity index (χ2n) is 7.92. The quantitative estimate of drug-likeness (QED) is 0.818. The molecule has 3 unspecified atom stereocenters. The summed E-state index contributed by atoms with van der Waals surface area (Å²) in [6.45, 7) is 9.66. The highest BCUT2D eigenvalue weighted by Gasteiger charge is 2.35. The van der Waals surface area contributed by atoms with Crippen LogP contribution in [0.1, 0.15) is 46.5 Å². The summed E-state index contributed by atoms with van der Waals surface area (Å²) >= 11 is 0. The van der Waals surface area contributed by atoms with Gasteiger partial charge in [-0.1, -0.05) is 20.8 Å². The Kier molecular flexibility index (Phi) is 6.90. The van der Waals surface area contributed by atoms with Crippen LogP contribution in [0.15, 0.2) is 0 Å². The standard InChI is InChI=1S/C18H34N4O2/c1-13(2)11-20-18(24)21-7-4-5-15(12-21)17(23)22-8-6-14(3)9-16(22)10-19/h13-16H,4-12,19H2,1-3H3,(H,20,24). The summed E-state index contributed by atoms with van der Waals surface area (Å²) in [6.07, 6.45) is 3.81. The van der Waals surface area contributed by atoms with Crippen LogP contribution in [0.4, 0.5) is 4.79 Å². The number of urea groups is 1. The third kappa shape index (κ3) is 4.85. The zero-order chi connectivity index (χ0) is 17.7. The molecule has 0 aromatic heterocycles. The first-order valence-electron chi connectivity index (χ1n) is 9.45. The summed E-state index contributed by atoms with van der Waals surface area (Å²) in [5, 5.41) is 2.96. The van der Waals surface area contributed by atoms with Gasteiger partial charge in [0.25, 0.3) is 0 Å². The van der Waals surface area contributed by atoms with Crippen molar-refractivity contribution >= 4 is 11.9 Å². The molecule has 2 saturated heterocycles. The predicted molar refractivity (Wildman–Crippen MR) is 95.5 cm³/mol. The van der Waals surface area contributed by atoms with Gasteiger partial charge in [-0.3, -0.25) is 4.79 Å². The van der Waals surface area contributed by atoms with Crippen LogP contribution in [0, 0.1) is 17.8 Å². The fourth-order valence-corrected chi connectivity index (χ4v) is 3.77. The molecule has 3 N–H and O–H groups in total. The maximum atomic E-state index is 13.0. The second kappa shape index (κ2) is 8.70. The largest absolute Gasteiger partial charge is 0.338 e. The molecule has 2 heterocycles. The predicted octanol–water partition coefficient (Wildman–Crippen LogP) is 1.65. The van der Waals surface area contributed by atoms with E-state index in [0.29, 0.717) is 31.5 Å². The molecule has 0 bridgehead atoms. The minimum absolute atomic E-state index is 0.0381. The van der Waals surface area contributed by atoms with Gasteiger partial charge < -0.3 is 20.9 Å². The van der Waals surface area contributed by atoms with Crippen molar-refractivity contribution < 1.29 is 9.59 Å². The van der Waals surface area contributed by atoms with E-state index < -0.39 is 0 Å². The van der Waals surface area contributed by atoms with E-state index in [4.69, 9.17) is 5.73 Å². The van der Waals surface area contributed by atoms with Crippen molar-refractivity contribution in [2.75, 3.05) is 32.7 Å². The third-order valence-electron chi connectivity index (χ3n) is 5.25. The summed E-state index contributed by atoms with van der Waals surface area (Å²) in [5.41, 5.74) is 5.90. The lowest BCUT2D eigenvalue weighted by Crippen LogP contribution is -2.55. The molecule has 138 valence electrons. The SMILES string of the molecule is CC(C)CNC(=O)N1CCCC(C(=O)N2CCC(C)CC2CN)C1. The molecule has 2 aliphatic heterocycles. The molecule has 6 nitrogen and oxygen atoms in total. The van der Waals surface area contributed by atoms with E-state index in [1.807, 2.05) is 4.90 Å². The van der Waals surface area contributed by atoms with Crippen LogP contribution >= 0.6 is 0 Å². The van der Waals surface area contributed by atoms with Gasteiger partial charge in [0.2, 0.25) is 5.91 Å². The Morgan fingerprint density at radius 2 is 2.00 bits per heavy atom. The van der Waals surface area contributed by atoms with Crippen LogP contribution in [0.25, 0.3) is 0 Å². The molecule has 0 spiro atoms. The number of nitrogens with one attached hydrogen (secondary N) is 1. The smallest absolute Gasteiger partial charge is 0.317 e. The first-order chi connectivity index (χ1) is 11.4. The van der Waals surface area contributed by atoms with Gasteiger partial charge in [0.1, 0.15) is 0 Å². The van der Waals surface area contributed by atoms with Crippen LogP contribution in [-0.4, -0.2) is 60.5 Å². The Balaban J connectivity index is 1.93. The zero-order valence-electron chi connectivity index (χ0n) is 15.5. The Morgan fingerprint density at radius 1 is 1.25 bits per heavy atom. The molecule has 0 aromatic carbocycles. The van der Waals surface area contributed by atoms with Crippen LogP contribution in [0.3, 0.4) is 0 Å². The molecule has 0 aromatic rings. The molecule has 6 heteroatoms. The maximum absolute atomic E-state index is 13.0. The van der Waals surface area contributed by atoms with E-state index in [9.17, 15) is 9.59 Å². The number of amides is 3. The van der Waals surface area contributed by atoms with Gasteiger partial charge in [0.15, 0.2) is 0 Å². The monoisotopic (exact) mass is 338 g/mol. The Labute approximate surface area is 146 Å². The van der Waals surface area contributed by atoms with Gasteiger partial charge in [-0.25, -0.2) is 4.79 Å². The number of likely N-dealkylation sites (tertiary alicyclic amines) is 2. The molecule has 24 heavy (non-hydrogen) atoms. The van der Waals surface area contributed by atoms with Crippen LogP contribution in [0.5, 0.6) is 0 Å². The van der Waals surface area contributed by atoms with Crippen molar-refractivity contribution in [3.63, 3.8) is 0 Å². The fourth-order valence-electron chi connectivity index (χ4n) is 3.77. The first kappa shape index (κ1) is 19.0. The van der Waals surface area contributed by atoms with E-state index in [1.54, 1.807) is 4.90 Å². The number of piperidine rings is 2. The molecule has 0 saturated carbocycles. The van der Waals surface area contributed by atoms with Crippen molar-refractivity contribution in [1.82, 2.24) is 15.1 Å². The molecule has 2 fully saturated rings. The van der Waals surface area contributed by atoms with Gasteiger partial charge in [-0.05, 0) is 37.5 Å². The first-order valence-corrected chi connectivity index (χ1v) is 9.45. The second-order valence-corrected chi connectivity index (χ2v) is 7.92. The van der Waals surface area contributed by atoms with E-state index >= 15 is 0 Å².